The van der Waals surface area contributed by atoms with Crippen LogP contribution in [0.1, 0.15) is 29.7 Å². The van der Waals surface area contributed by atoms with Gasteiger partial charge in [0.2, 0.25) is 5.91 Å². The fourth-order valence-electron chi connectivity index (χ4n) is 4.24. The molecular formula is C25H28N4O4. The van der Waals surface area contributed by atoms with Gasteiger partial charge in [0, 0.05) is 29.6 Å². The molecule has 4 rings (SSSR count). The zero-order valence-electron chi connectivity index (χ0n) is 19.0. The molecule has 1 unspecified atom stereocenters. The highest BCUT2D eigenvalue weighted by Gasteiger charge is 2.42. The number of nitrogens with one attached hydrogen (secondary N) is 1. The summed E-state index contributed by atoms with van der Waals surface area (Å²) in [5.41, 5.74) is 5.53. The first-order chi connectivity index (χ1) is 15.9. The van der Waals surface area contributed by atoms with Crippen molar-refractivity contribution in [3.63, 3.8) is 0 Å². The lowest BCUT2D eigenvalue weighted by molar-refractivity contribution is -0.137. The summed E-state index contributed by atoms with van der Waals surface area (Å²) in [7, 11) is 3.80. The van der Waals surface area contributed by atoms with E-state index in [0.717, 1.165) is 39.2 Å². The van der Waals surface area contributed by atoms with Crippen LogP contribution in [-0.2, 0) is 16.2 Å². The average molecular weight is 449 g/mol. The summed E-state index contributed by atoms with van der Waals surface area (Å²) in [6.07, 6.45) is 0.469. The lowest BCUT2D eigenvalue weighted by atomic mass is 9.90. The first-order valence-electron chi connectivity index (χ1n) is 10.8. The number of benzene rings is 2. The van der Waals surface area contributed by atoms with E-state index in [1.807, 2.05) is 74.4 Å². The van der Waals surface area contributed by atoms with Crippen LogP contribution in [-0.4, -0.2) is 53.0 Å². The van der Waals surface area contributed by atoms with Gasteiger partial charge < -0.3 is 14.5 Å². The van der Waals surface area contributed by atoms with Crippen LogP contribution in [0, 0.1) is 6.92 Å². The topological polar surface area (TPSA) is 96.3 Å². The fourth-order valence-corrected chi connectivity index (χ4v) is 4.24. The van der Waals surface area contributed by atoms with Gasteiger partial charge in [-0.2, -0.15) is 0 Å². The molecule has 0 saturated heterocycles. The third kappa shape index (κ3) is 5.30. The number of carbonyl (C=O) groups excluding carboxylic acids is 1. The van der Waals surface area contributed by atoms with Crippen LogP contribution in [0.5, 0.6) is 5.75 Å². The Kier molecular flexibility index (Phi) is 6.57. The second-order valence-corrected chi connectivity index (χ2v) is 8.69. The van der Waals surface area contributed by atoms with E-state index in [1.54, 1.807) is 5.48 Å². The Labute approximate surface area is 192 Å². The van der Waals surface area contributed by atoms with E-state index >= 15 is 0 Å². The molecule has 0 bridgehead atoms. The Morgan fingerprint density at radius 1 is 1.21 bits per heavy atom. The van der Waals surface area contributed by atoms with Crippen LogP contribution in [0.2, 0.25) is 0 Å². The number of para-hydroxylation sites is 1. The van der Waals surface area contributed by atoms with Crippen molar-refractivity contribution in [2.24, 2.45) is 5.16 Å². The molecule has 0 aliphatic carbocycles. The number of pyridine rings is 1. The molecule has 172 valence electrons. The third-order valence-corrected chi connectivity index (χ3v) is 5.56. The number of hydrogen-bond donors (Lipinski definition) is 2. The van der Waals surface area contributed by atoms with E-state index in [4.69, 9.17) is 14.8 Å². The average Bonchev–Trinajstić information content (AvgIpc) is 3.20. The lowest BCUT2D eigenvalue weighted by Crippen LogP contribution is -2.44. The Hall–Kier alpha value is -3.49. The SMILES string of the molecule is Cc1cc(COc2ccc(C3=NOC(CC(=O)NO)(CN(C)C)C3)cc2)c2ccccc2n1. The van der Waals surface area contributed by atoms with Crippen LogP contribution < -0.4 is 10.2 Å². The Bertz CT molecular complexity index is 1180. The van der Waals surface area contributed by atoms with Gasteiger partial charge in [0.15, 0.2) is 5.60 Å². The van der Waals surface area contributed by atoms with E-state index in [1.165, 1.54) is 0 Å². The fraction of sp³-hybridized carbons (Fsp3) is 0.320. The number of hydrogen-bond acceptors (Lipinski definition) is 7. The predicted molar refractivity (Wildman–Crippen MR) is 125 cm³/mol. The molecule has 8 heteroatoms. The zero-order chi connectivity index (χ0) is 23.4. The van der Waals surface area contributed by atoms with Crippen molar-refractivity contribution < 1.29 is 19.6 Å². The molecule has 1 atom stereocenters. The van der Waals surface area contributed by atoms with E-state index in [0.29, 0.717) is 19.6 Å². The second kappa shape index (κ2) is 9.56. The van der Waals surface area contributed by atoms with Crippen LogP contribution in [0.4, 0.5) is 0 Å². The van der Waals surface area contributed by atoms with Gasteiger partial charge in [0.25, 0.3) is 0 Å². The van der Waals surface area contributed by atoms with Gasteiger partial charge in [-0.25, -0.2) is 5.48 Å². The molecule has 33 heavy (non-hydrogen) atoms. The Morgan fingerprint density at radius 2 is 1.97 bits per heavy atom. The summed E-state index contributed by atoms with van der Waals surface area (Å²) in [6, 6.07) is 17.8. The summed E-state index contributed by atoms with van der Waals surface area (Å²) in [6.45, 7) is 2.92. The summed E-state index contributed by atoms with van der Waals surface area (Å²) in [5.74, 6) is 0.243. The predicted octanol–water partition coefficient (Wildman–Crippen LogP) is 3.44. The largest absolute Gasteiger partial charge is 0.489 e. The van der Waals surface area contributed by atoms with Gasteiger partial charge in [-0.1, -0.05) is 23.4 Å². The van der Waals surface area contributed by atoms with Crippen LogP contribution in [0.15, 0.2) is 59.8 Å². The molecule has 0 radical (unpaired) electrons. The van der Waals surface area contributed by atoms with E-state index < -0.39 is 11.5 Å². The van der Waals surface area contributed by atoms with Crippen molar-refractivity contribution in [3.8, 4) is 5.75 Å². The number of aryl methyl sites for hydroxylation is 1. The molecular weight excluding hydrogens is 420 g/mol. The number of fused-ring (bicyclic) bond motifs is 1. The summed E-state index contributed by atoms with van der Waals surface area (Å²) in [5, 5.41) is 14.3. The number of carbonyl (C=O) groups is 1. The molecule has 0 fully saturated rings. The smallest absolute Gasteiger partial charge is 0.247 e. The van der Waals surface area contributed by atoms with Crippen LogP contribution >= 0.6 is 0 Å². The monoisotopic (exact) mass is 448 g/mol. The maximum Gasteiger partial charge on any atom is 0.247 e. The molecule has 1 aliphatic heterocycles. The minimum Gasteiger partial charge on any atom is -0.489 e. The summed E-state index contributed by atoms with van der Waals surface area (Å²) >= 11 is 0. The van der Waals surface area contributed by atoms with Gasteiger partial charge in [-0.15, -0.1) is 0 Å². The molecule has 0 saturated carbocycles. The first kappa shape index (κ1) is 22.7. The van der Waals surface area contributed by atoms with E-state index in [9.17, 15) is 4.79 Å². The molecule has 2 heterocycles. The van der Waals surface area contributed by atoms with Crippen molar-refractivity contribution in [1.82, 2.24) is 15.4 Å². The maximum absolute atomic E-state index is 11.8. The van der Waals surface area contributed by atoms with Gasteiger partial charge >= 0.3 is 0 Å². The first-order valence-corrected chi connectivity index (χ1v) is 10.8. The van der Waals surface area contributed by atoms with E-state index in [-0.39, 0.29) is 6.42 Å². The molecule has 8 nitrogen and oxygen atoms in total. The number of hydroxylamine groups is 1. The Morgan fingerprint density at radius 3 is 2.70 bits per heavy atom. The number of likely N-dealkylation sites (N-methyl/N-ethyl adjacent to an activating group) is 1. The highest BCUT2D eigenvalue weighted by molar-refractivity contribution is 6.02. The number of ether oxygens (including phenoxy) is 1. The van der Waals surface area contributed by atoms with Crippen LogP contribution in [0.25, 0.3) is 10.9 Å². The Balaban J connectivity index is 1.44. The zero-order valence-corrected chi connectivity index (χ0v) is 19.0. The van der Waals surface area contributed by atoms with Crippen molar-refractivity contribution in [2.75, 3.05) is 20.6 Å². The number of amides is 1. The molecule has 1 amide bonds. The maximum atomic E-state index is 11.8. The standard InChI is InChI=1S/C25H28N4O4/c1-17-12-19(21-6-4-5-7-22(21)26-17)15-32-20-10-8-18(9-11-20)23-13-25(33-28-23,16-29(2)3)14-24(30)27-31/h4-12,31H,13-16H2,1-3H3,(H,27,30). The molecule has 1 aliphatic rings. The number of aromatic nitrogens is 1. The molecule has 0 spiro atoms. The van der Waals surface area contributed by atoms with Gasteiger partial charge in [0.05, 0.1) is 17.6 Å². The number of rotatable bonds is 8. The lowest BCUT2D eigenvalue weighted by Gasteiger charge is -2.28. The van der Waals surface area contributed by atoms with Crippen molar-refractivity contribution in [1.29, 1.82) is 0 Å². The molecule has 2 N–H and O–H groups in total. The molecule has 3 aromatic rings. The minimum atomic E-state index is -0.818. The summed E-state index contributed by atoms with van der Waals surface area (Å²) < 4.78 is 6.05. The minimum absolute atomic E-state index is 0.00911. The number of nitrogens with zero attached hydrogens (tertiary/aromatic N) is 3. The van der Waals surface area contributed by atoms with Gasteiger partial charge in [-0.05, 0) is 63.0 Å². The number of oxime groups is 1. The van der Waals surface area contributed by atoms with Gasteiger partial charge in [-0.3, -0.25) is 15.0 Å². The van der Waals surface area contributed by atoms with Crippen molar-refractivity contribution in [2.45, 2.75) is 32.0 Å². The van der Waals surface area contributed by atoms with Crippen molar-refractivity contribution in [3.05, 3.63) is 71.4 Å². The normalized spacial score (nSPS) is 17.7. The molecule has 1 aromatic heterocycles. The highest BCUT2D eigenvalue weighted by Crippen LogP contribution is 2.31. The second-order valence-electron chi connectivity index (χ2n) is 8.69. The highest BCUT2D eigenvalue weighted by atomic mass is 16.7. The molecule has 2 aromatic carbocycles. The van der Waals surface area contributed by atoms with Crippen LogP contribution in [0.3, 0.4) is 0 Å². The summed E-state index contributed by atoms with van der Waals surface area (Å²) in [4.78, 5) is 24.0. The van der Waals surface area contributed by atoms with Crippen molar-refractivity contribution >= 4 is 22.5 Å². The van der Waals surface area contributed by atoms with Gasteiger partial charge in [0.1, 0.15) is 12.4 Å². The third-order valence-electron chi connectivity index (χ3n) is 5.56. The quantitative estimate of drug-likeness (QED) is 0.405. The van der Waals surface area contributed by atoms with E-state index in [2.05, 4.69) is 16.2 Å².